The lowest BCUT2D eigenvalue weighted by molar-refractivity contribution is -0.110. The lowest BCUT2D eigenvalue weighted by Crippen LogP contribution is -2.45. The van der Waals surface area contributed by atoms with Gasteiger partial charge in [-0.2, -0.15) is 0 Å². The molecular weight excluding hydrogens is 427 g/mol. The van der Waals surface area contributed by atoms with Crippen molar-refractivity contribution in [1.29, 1.82) is 0 Å². The van der Waals surface area contributed by atoms with Gasteiger partial charge in [0, 0.05) is 55.9 Å². The van der Waals surface area contributed by atoms with Crippen molar-refractivity contribution >= 4 is 29.2 Å². The number of aromatic nitrogens is 1. The number of nitrogens with one attached hydrogen (secondary N) is 2. The number of anilines is 1. The van der Waals surface area contributed by atoms with Gasteiger partial charge in [0.1, 0.15) is 5.82 Å². The van der Waals surface area contributed by atoms with Gasteiger partial charge in [0.15, 0.2) is 0 Å². The Morgan fingerprint density at radius 1 is 1.33 bits per heavy atom. The highest BCUT2D eigenvalue weighted by Gasteiger charge is 2.27. The molecule has 1 unspecified atom stereocenters. The molecule has 176 valence electrons. The number of amides is 2. The summed E-state index contributed by atoms with van der Waals surface area (Å²) in [6.07, 6.45) is 0.972. The van der Waals surface area contributed by atoms with Gasteiger partial charge in [0.05, 0.1) is 30.5 Å². The van der Waals surface area contributed by atoms with Gasteiger partial charge in [-0.1, -0.05) is 0 Å². The summed E-state index contributed by atoms with van der Waals surface area (Å²) in [5, 5.41) is 13.2. The average Bonchev–Trinajstić information content (AvgIpc) is 3.23. The molecule has 1 aromatic heterocycles. The number of carbonyl (C=O) groups excluding carboxylic acids is 2. The number of nitrogens with zero attached hydrogens (tertiary/aromatic N) is 2. The third-order valence-corrected chi connectivity index (χ3v) is 6.15. The van der Waals surface area contributed by atoms with Crippen molar-refractivity contribution in [2.45, 2.75) is 20.0 Å². The fraction of sp³-hybridized carbons (Fsp3) is 0.417. The summed E-state index contributed by atoms with van der Waals surface area (Å²) in [5.74, 6) is -0.962. The van der Waals surface area contributed by atoms with Gasteiger partial charge in [0.25, 0.3) is 11.8 Å². The SMILES string of the molecule is Cc1[nH]c(C=C2C(=O)Nc3ccc(F)cc32)c(C)c1C(=O)N(C)CC(O)CN1CCOCC1. The van der Waals surface area contributed by atoms with E-state index >= 15 is 0 Å². The normalized spacial score (nSPS) is 18.3. The molecule has 0 aliphatic carbocycles. The minimum absolute atomic E-state index is 0.200. The molecule has 0 bridgehead atoms. The van der Waals surface area contributed by atoms with E-state index in [0.717, 1.165) is 13.1 Å². The van der Waals surface area contributed by atoms with Crippen LogP contribution in [0.1, 0.15) is 32.9 Å². The van der Waals surface area contributed by atoms with Crippen LogP contribution in [-0.2, 0) is 9.53 Å². The van der Waals surface area contributed by atoms with Crippen LogP contribution < -0.4 is 5.32 Å². The number of H-pyrrole nitrogens is 1. The number of benzene rings is 1. The monoisotopic (exact) mass is 456 g/mol. The fourth-order valence-electron chi connectivity index (χ4n) is 4.42. The summed E-state index contributed by atoms with van der Waals surface area (Å²) in [6.45, 7) is 7.11. The van der Waals surface area contributed by atoms with E-state index in [4.69, 9.17) is 4.74 Å². The van der Waals surface area contributed by atoms with Crippen LogP contribution in [0.2, 0.25) is 0 Å². The number of morpholine rings is 1. The molecular formula is C24H29FN4O4. The summed E-state index contributed by atoms with van der Waals surface area (Å²) in [4.78, 5) is 32.4. The van der Waals surface area contributed by atoms with E-state index in [1.165, 1.54) is 23.1 Å². The molecule has 0 radical (unpaired) electrons. The Labute approximate surface area is 192 Å². The van der Waals surface area contributed by atoms with E-state index in [2.05, 4.69) is 15.2 Å². The van der Waals surface area contributed by atoms with Crippen molar-refractivity contribution < 1.29 is 23.8 Å². The Kier molecular flexibility index (Phi) is 6.64. The molecule has 1 saturated heterocycles. The number of aromatic amines is 1. The van der Waals surface area contributed by atoms with Crippen LogP contribution in [0.25, 0.3) is 11.6 Å². The minimum Gasteiger partial charge on any atom is -0.390 e. The number of aliphatic hydroxyl groups is 1. The van der Waals surface area contributed by atoms with Crippen molar-refractivity contribution in [3.8, 4) is 0 Å². The molecule has 2 aromatic rings. The number of fused-ring (bicyclic) bond motifs is 1. The molecule has 4 rings (SSSR count). The first kappa shape index (κ1) is 23.2. The minimum atomic E-state index is -0.674. The number of carbonyl (C=O) groups is 2. The second-order valence-corrected chi connectivity index (χ2v) is 8.62. The number of likely N-dealkylation sites (N-methyl/N-ethyl adjacent to an activating group) is 1. The van der Waals surface area contributed by atoms with Crippen molar-refractivity contribution in [1.82, 2.24) is 14.8 Å². The second-order valence-electron chi connectivity index (χ2n) is 8.62. The Bertz CT molecular complexity index is 1100. The van der Waals surface area contributed by atoms with Gasteiger partial charge in [-0.3, -0.25) is 14.5 Å². The zero-order valence-corrected chi connectivity index (χ0v) is 19.1. The van der Waals surface area contributed by atoms with Gasteiger partial charge < -0.3 is 25.0 Å². The summed E-state index contributed by atoms with van der Waals surface area (Å²) in [5.41, 5.74) is 3.85. The molecule has 2 aliphatic heterocycles. The highest BCUT2D eigenvalue weighted by Crippen LogP contribution is 2.34. The molecule has 1 fully saturated rings. The van der Waals surface area contributed by atoms with Crippen molar-refractivity contribution in [3.63, 3.8) is 0 Å². The first-order valence-corrected chi connectivity index (χ1v) is 11.0. The zero-order chi connectivity index (χ0) is 23.7. The van der Waals surface area contributed by atoms with E-state index in [1.807, 2.05) is 0 Å². The van der Waals surface area contributed by atoms with Crippen molar-refractivity contribution in [2.75, 3.05) is 51.8 Å². The maximum Gasteiger partial charge on any atom is 0.256 e. The van der Waals surface area contributed by atoms with Crippen LogP contribution in [0.5, 0.6) is 0 Å². The number of hydrogen-bond acceptors (Lipinski definition) is 5. The average molecular weight is 457 g/mol. The summed E-state index contributed by atoms with van der Waals surface area (Å²) < 4.78 is 19.1. The summed E-state index contributed by atoms with van der Waals surface area (Å²) in [6, 6.07) is 4.15. The third-order valence-electron chi connectivity index (χ3n) is 6.15. The number of ether oxygens (including phenoxy) is 1. The zero-order valence-electron chi connectivity index (χ0n) is 19.1. The van der Waals surface area contributed by atoms with Crippen molar-refractivity contribution in [3.05, 3.63) is 52.1 Å². The molecule has 0 saturated carbocycles. The van der Waals surface area contributed by atoms with Crippen LogP contribution in [0.15, 0.2) is 18.2 Å². The predicted molar refractivity (Wildman–Crippen MR) is 123 cm³/mol. The molecule has 3 heterocycles. The lowest BCUT2D eigenvalue weighted by atomic mass is 10.0. The molecule has 2 amide bonds. The van der Waals surface area contributed by atoms with E-state index in [0.29, 0.717) is 59.1 Å². The largest absolute Gasteiger partial charge is 0.390 e. The molecule has 33 heavy (non-hydrogen) atoms. The van der Waals surface area contributed by atoms with Gasteiger partial charge in [0.2, 0.25) is 0 Å². The van der Waals surface area contributed by atoms with Gasteiger partial charge in [-0.15, -0.1) is 0 Å². The van der Waals surface area contributed by atoms with E-state index in [-0.39, 0.29) is 18.4 Å². The van der Waals surface area contributed by atoms with Gasteiger partial charge >= 0.3 is 0 Å². The van der Waals surface area contributed by atoms with Crippen LogP contribution >= 0.6 is 0 Å². The van der Waals surface area contributed by atoms with Crippen LogP contribution in [0.3, 0.4) is 0 Å². The first-order chi connectivity index (χ1) is 15.7. The fourth-order valence-corrected chi connectivity index (χ4v) is 4.42. The lowest BCUT2D eigenvalue weighted by Gasteiger charge is -2.30. The Balaban J connectivity index is 1.52. The highest BCUT2D eigenvalue weighted by molar-refractivity contribution is 6.34. The number of β-amino-alcohol motifs (C(OH)–C–C–N with tert-alkyl or cyclic N) is 1. The molecule has 9 heteroatoms. The Morgan fingerprint density at radius 2 is 2.06 bits per heavy atom. The van der Waals surface area contributed by atoms with Crippen molar-refractivity contribution in [2.24, 2.45) is 0 Å². The number of hydrogen-bond donors (Lipinski definition) is 3. The standard InChI is InChI=1S/C24H29FN4O4/c1-14-21(11-19-18-10-16(25)4-5-20(18)27-23(19)31)26-15(2)22(14)24(32)28(3)12-17(30)13-29-6-8-33-9-7-29/h4-5,10-11,17,26,30H,6-9,12-13H2,1-3H3,(H,27,31). The van der Waals surface area contributed by atoms with Crippen LogP contribution in [0.4, 0.5) is 10.1 Å². The van der Waals surface area contributed by atoms with E-state index in [9.17, 15) is 19.1 Å². The highest BCUT2D eigenvalue weighted by atomic mass is 19.1. The van der Waals surface area contributed by atoms with Crippen LogP contribution in [0, 0.1) is 19.7 Å². The number of aliphatic hydroxyl groups excluding tert-OH is 1. The number of halogens is 1. The maximum atomic E-state index is 13.7. The topological polar surface area (TPSA) is 97.9 Å². The van der Waals surface area contributed by atoms with Crippen LogP contribution in [-0.4, -0.2) is 84.2 Å². The third kappa shape index (κ3) is 4.85. The molecule has 0 spiro atoms. The molecule has 8 nitrogen and oxygen atoms in total. The molecule has 1 aromatic carbocycles. The second kappa shape index (κ2) is 9.46. The molecule has 2 aliphatic rings. The van der Waals surface area contributed by atoms with Gasteiger partial charge in [-0.25, -0.2) is 4.39 Å². The summed E-state index contributed by atoms with van der Waals surface area (Å²) in [7, 11) is 1.67. The Morgan fingerprint density at radius 3 is 2.79 bits per heavy atom. The Hall–Kier alpha value is -3.01. The number of aryl methyl sites for hydroxylation is 1. The molecule has 1 atom stereocenters. The predicted octanol–water partition coefficient (Wildman–Crippen LogP) is 2.03. The molecule has 3 N–H and O–H groups in total. The number of rotatable bonds is 6. The van der Waals surface area contributed by atoms with Gasteiger partial charge in [-0.05, 0) is 43.7 Å². The van der Waals surface area contributed by atoms with E-state index in [1.54, 1.807) is 27.0 Å². The van der Waals surface area contributed by atoms with E-state index < -0.39 is 11.9 Å². The summed E-state index contributed by atoms with van der Waals surface area (Å²) >= 11 is 0. The first-order valence-electron chi connectivity index (χ1n) is 11.0. The quantitative estimate of drug-likeness (QED) is 0.578. The maximum absolute atomic E-state index is 13.7. The smallest absolute Gasteiger partial charge is 0.256 e.